The van der Waals surface area contributed by atoms with Crippen molar-refractivity contribution in [1.29, 1.82) is 0 Å². The molecule has 0 radical (unpaired) electrons. The van der Waals surface area contributed by atoms with Crippen molar-refractivity contribution in [3.63, 3.8) is 0 Å². The van der Waals surface area contributed by atoms with Gasteiger partial charge >= 0.3 is 0 Å². The first-order valence-corrected chi connectivity index (χ1v) is 20.8. The van der Waals surface area contributed by atoms with Gasteiger partial charge in [0.25, 0.3) is 0 Å². The van der Waals surface area contributed by atoms with Crippen molar-refractivity contribution >= 4 is 21.8 Å². The van der Waals surface area contributed by atoms with Crippen molar-refractivity contribution in [1.82, 2.24) is 14.1 Å². The predicted octanol–water partition coefficient (Wildman–Crippen LogP) is 15.2. The summed E-state index contributed by atoms with van der Waals surface area (Å²) in [4.78, 5) is 5.66. The Morgan fingerprint density at radius 2 is 0.794 bits per heavy atom. The molecule has 6 heteroatoms. The van der Waals surface area contributed by atoms with E-state index in [0.29, 0.717) is 0 Å². The molecule has 6 aromatic carbocycles. The predicted molar refractivity (Wildman–Crippen MR) is 263 cm³/mol. The molecule has 0 saturated carbocycles. The Balaban J connectivity index is 0.00000220. The molecule has 3 aromatic heterocycles. The quantitative estimate of drug-likeness (QED) is 0.129. The molecule has 0 aliphatic rings. The van der Waals surface area contributed by atoms with Crippen LogP contribution in [0.3, 0.4) is 0 Å². The van der Waals surface area contributed by atoms with Crippen LogP contribution in [0.4, 0.5) is 0 Å². The minimum atomic E-state index is -0.301. The van der Waals surface area contributed by atoms with E-state index in [0.717, 1.165) is 100 Å². The molecule has 0 aliphatic carbocycles. The summed E-state index contributed by atoms with van der Waals surface area (Å²) < 4.78 is 4.54. The molecule has 318 valence electrons. The van der Waals surface area contributed by atoms with Gasteiger partial charge in [-0.25, -0.2) is 4.98 Å². The Bertz CT molecular complexity index is 2880. The number of aryl methyl sites for hydroxylation is 2. The molecule has 0 amide bonds. The average Bonchev–Trinajstić information content (AvgIpc) is 3.76. The number of rotatable bonds is 6. The third-order valence-electron chi connectivity index (χ3n) is 11.7. The van der Waals surface area contributed by atoms with Crippen LogP contribution < -0.4 is 0 Å². The zero-order valence-corrected chi connectivity index (χ0v) is 41.8. The third kappa shape index (κ3) is 8.11. The third-order valence-corrected chi connectivity index (χ3v) is 11.7. The van der Waals surface area contributed by atoms with Crippen LogP contribution in [0, 0.1) is 28.7 Å². The maximum Gasteiger partial charge on any atom is 0.128 e. The van der Waals surface area contributed by atoms with Crippen molar-refractivity contribution < 1.29 is 36.1 Å². The summed E-state index contributed by atoms with van der Waals surface area (Å²) in [6.45, 7) is 17.1. The fourth-order valence-electron chi connectivity index (χ4n) is 8.97. The van der Waals surface area contributed by atoms with Crippen molar-refractivity contribution in [2.24, 2.45) is 0 Å². The van der Waals surface area contributed by atoms with Crippen LogP contribution in [-0.2, 0) is 36.7 Å². The van der Waals surface area contributed by atoms with Gasteiger partial charge in [-0.2, -0.15) is 0 Å². The standard InChI is InChI=1S/C55H51N3O2.2CH3.Hf/c1-34-30-40(52(59)42(32-34)54(3,4)5)50-48(38-24-15-17-28-46(38)57(50)36-20-11-9-12-21-36)44-26-19-27-45(56-44)49-39-25-16-18-29-47(39)58(37-22-13-10-14-23-37)51(49)41-31-35(2)33-43(53(41)60)55(6,7)8;;;/h9-33,59-60H,1-8H3;2*1H3;/q;2*-1;. The molecule has 0 spiro atoms. The summed E-state index contributed by atoms with van der Waals surface area (Å²) in [5, 5.41) is 26.8. The fraction of sp³-hybridized carbons (Fsp3) is 0.175. The van der Waals surface area contributed by atoms with Crippen LogP contribution in [0.15, 0.2) is 152 Å². The van der Waals surface area contributed by atoms with E-state index >= 15 is 0 Å². The molecule has 0 bridgehead atoms. The second kappa shape index (κ2) is 17.7. The zero-order chi connectivity index (χ0) is 42.1. The Hall–Kier alpha value is -5.98. The number of aromatic nitrogens is 3. The summed E-state index contributed by atoms with van der Waals surface area (Å²) in [5.41, 5.74) is 14.0. The van der Waals surface area contributed by atoms with Crippen LogP contribution in [0.2, 0.25) is 0 Å². The van der Waals surface area contributed by atoms with E-state index in [4.69, 9.17) is 4.98 Å². The molecule has 63 heavy (non-hydrogen) atoms. The van der Waals surface area contributed by atoms with Gasteiger partial charge in [-0.05, 0) is 96.5 Å². The number of pyridine rings is 1. The summed E-state index contributed by atoms with van der Waals surface area (Å²) in [6.07, 6.45) is 0. The van der Waals surface area contributed by atoms with Gasteiger partial charge in [-0.3, -0.25) is 0 Å². The van der Waals surface area contributed by atoms with Gasteiger partial charge in [-0.1, -0.05) is 133 Å². The smallest absolute Gasteiger partial charge is 0.128 e. The van der Waals surface area contributed by atoms with Crippen LogP contribution in [0.1, 0.15) is 63.8 Å². The van der Waals surface area contributed by atoms with E-state index in [1.807, 2.05) is 12.1 Å². The maximum atomic E-state index is 12.4. The van der Waals surface area contributed by atoms with Crippen molar-refractivity contribution in [2.75, 3.05) is 0 Å². The first kappa shape index (κ1) is 46.5. The van der Waals surface area contributed by atoms with Crippen molar-refractivity contribution in [3.05, 3.63) is 189 Å². The number of hydrogen-bond acceptors (Lipinski definition) is 3. The van der Waals surface area contributed by atoms with Gasteiger partial charge < -0.3 is 34.2 Å². The zero-order valence-electron chi connectivity index (χ0n) is 38.2. The number of phenols is 2. The summed E-state index contributed by atoms with van der Waals surface area (Å²) >= 11 is 0. The van der Waals surface area contributed by atoms with Crippen LogP contribution in [0.25, 0.3) is 78.2 Å². The van der Waals surface area contributed by atoms with Crippen LogP contribution >= 0.6 is 0 Å². The molecular weight excluding hydrogens is 937 g/mol. The van der Waals surface area contributed by atoms with Crippen LogP contribution in [0.5, 0.6) is 11.5 Å². The number of phenolic OH excluding ortho intramolecular Hbond substituents is 2. The van der Waals surface area contributed by atoms with Gasteiger partial charge in [0.1, 0.15) is 11.5 Å². The Morgan fingerprint density at radius 3 is 1.16 bits per heavy atom. The van der Waals surface area contributed by atoms with Crippen LogP contribution in [-0.4, -0.2) is 24.3 Å². The molecule has 9 aromatic rings. The molecule has 0 fully saturated rings. The molecule has 3 heterocycles. The van der Waals surface area contributed by atoms with E-state index in [1.54, 1.807) is 0 Å². The minimum absolute atomic E-state index is 0. The van der Waals surface area contributed by atoms with Gasteiger partial charge in [0.15, 0.2) is 0 Å². The summed E-state index contributed by atoms with van der Waals surface area (Å²) in [5.74, 6) is 0.534. The largest absolute Gasteiger partial charge is 0.507 e. The number of para-hydroxylation sites is 4. The first-order valence-electron chi connectivity index (χ1n) is 20.8. The SMILES string of the molecule is Cc1cc(-c2c(-c3cccc(-c4c(-c5cc(C)cc(C(C)(C)C)c5O)n(-c5ccccc5)c5ccccc45)n3)c3ccccc3n2-c2ccccc2)c(O)c(C(C)(C)C)c1.[CH3-].[CH3-].[Hf]. The minimum Gasteiger partial charge on any atom is -0.507 e. The van der Waals surface area contributed by atoms with E-state index in [2.05, 4.69) is 204 Å². The average molecular weight is 995 g/mol. The Kier molecular flexibility index (Phi) is 13.0. The van der Waals surface area contributed by atoms with Gasteiger partial charge in [-0.15, -0.1) is 0 Å². The second-order valence-electron chi connectivity index (χ2n) is 18.1. The normalized spacial score (nSPS) is 11.6. The van der Waals surface area contributed by atoms with E-state index in [1.165, 1.54) is 0 Å². The monoisotopic (exact) mass is 995 g/mol. The molecule has 5 nitrogen and oxygen atoms in total. The van der Waals surface area contributed by atoms with Gasteiger partial charge in [0.2, 0.25) is 0 Å². The number of fused-ring (bicyclic) bond motifs is 2. The van der Waals surface area contributed by atoms with E-state index in [-0.39, 0.29) is 63.0 Å². The Labute approximate surface area is 392 Å². The molecule has 0 saturated heterocycles. The topological polar surface area (TPSA) is 63.2 Å². The van der Waals surface area contributed by atoms with E-state index < -0.39 is 0 Å². The fourth-order valence-corrected chi connectivity index (χ4v) is 8.97. The number of nitrogens with zero attached hydrogens (tertiary/aromatic N) is 3. The Morgan fingerprint density at radius 1 is 0.444 bits per heavy atom. The van der Waals surface area contributed by atoms with Crippen molar-refractivity contribution in [2.45, 2.75) is 66.2 Å². The molecule has 0 unspecified atom stereocenters. The van der Waals surface area contributed by atoms with Gasteiger partial charge in [0, 0.05) is 81.4 Å². The number of hydrogen-bond donors (Lipinski definition) is 2. The number of aromatic hydroxyl groups is 2. The summed E-state index contributed by atoms with van der Waals surface area (Å²) in [6, 6.07) is 52.3. The molecule has 2 N–H and O–H groups in total. The van der Waals surface area contributed by atoms with Crippen molar-refractivity contribution in [3.8, 4) is 67.9 Å². The first-order chi connectivity index (χ1) is 28.7. The van der Waals surface area contributed by atoms with Gasteiger partial charge in [0.05, 0.1) is 33.8 Å². The molecule has 9 rings (SSSR count). The maximum absolute atomic E-state index is 12.4. The van der Waals surface area contributed by atoms with E-state index in [9.17, 15) is 10.2 Å². The summed E-state index contributed by atoms with van der Waals surface area (Å²) in [7, 11) is 0. The molecule has 0 atom stereocenters. The second-order valence-corrected chi connectivity index (χ2v) is 18.1. The molecular formula is C57H57HfN3O2-2. The number of benzene rings is 6. The molecule has 0 aliphatic heterocycles.